The number of hydrogen-bond donors (Lipinski definition) is 1. The number of carbonyl (C=O) groups excluding carboxylic acids is 2. The van der Waals surface area contributed by atoms with Gasteiger partial charge in [-0.2, -0.15) is 0 Å². The number of amides is 2. The fourth-order valence-electron chi connectivity index (χ4n) is 2.85. The molecule has 1 aromatic carbocycles. The van der Waals surface area contributed by atoms with Gasteiger partial charge in [-0.3, -0.25) is 9.59 Å². The quantitative estimate of drug-likeness (QED) is 0.744. The van der Waals surface area contributed by atoms with E-state index in [4.69, 9.17) is 0 Å². The Balaban J connectivity index is 1.50. The number of carbonyl (C=O) groups is 2. The summed E-state index contributed by atoms with van der Waals surface area (Å²) in [6.07, 6.45) is 2.10. The second kappa shape index (κ2) is 8.84. The first kappa shape index (κ1) is 18.4. The molecule has 2 amide bonds. The number of aromatic nitrogens is 3. The molecule has 138 valence electrons. The summed E-state index contributed by atoms with van der Waals surface area (Å²) in [6, 6.07) is 10.1. The highest BCUT2D eigenvalue weighted by molar-refractivity contribution is 7.99. The van der Waals surface area contributed by atoms with Gasteiger partial charge in [0.2, 0.25) is 11.8 Å². The third kappa shape index (κ3) is 4.85. The zero-order valence-corrected chi connectivity index (χ0v) is 15.7. The first-order chi connectivity index (χ1) is 12.6. The first-order valence-corrected chi connectivity index (χ1v) is 9.73. The van der Waals surface area contributed by atoms with Gasteiger partial charge < -0.3 is 14.8 Å². The van der Waals surface area contributed by atoms with Gasteiger partial charge in [-0.15, -0.1) is 10.2 Å². The number of nitrogens with one attached hydrogen (secondary N) is 1. The van der Waals surface area contributed by atoms with Crippen LogP contribution in [-0.4, -0.2) is 56.9 Å². The van der Waals surface area contributed by atoms with Crippen molar-refractivity contribution in [1.82, 2.24) is 25.0 Å². The lowest BCUT2D eigenvalue weighted by molar-refractivity contribution is -0.131. The largest absolute Gasteiger partial charge is 0.346 e. The maximum Gasteiger partial charge on any atom is 0.241 e. The molecule has 0 unspecified atom stereocenters. The van der Waals surface area contributed by atoms with Gasteiger partial charge in [0.15, 0.2) is 5.16 Å². The Morgan fingerprint density at radius 3 is 2.62 bits per heavy atom. The Morgan fingerprint density at radius 2 is 1.88 bits per heavy atom. The molecule has 1 aliphatic rings. The Morgan fingerprint density at radius 1 is 1.15 bits per heavy atom. The summed E-state index contributed by atoms with van der Waals surface area (Å²) < 4.78 is 1.99. The fourth-order valence-corrected chi connectivity index (χ4v) is 3.66. The van der Waals surface area contributed by atoms with Crippen LogP contribution in [0.25, 0.3) is 0 Å². The van der Waals surface area contributed by atoms with Crippen molar-refractivity contribution in [3.05, 3.63) is 41.7 Å². The normalized spacial score (nSPS) is 13.8. The average molecular weight is 373 g/mol. The van der Waals surface area contributed by atoms with Crippen molar-refractivity contribution in [1.29, 1.82) is 0 Å². The van der Waals surface area contributed by atoms with Crippen LogP contribution in [-0.2, 0) is 16.1 Å². The molecule has 2 aromatic rings. The Bertz CT molecular complexity index is 756. The van der Waals surface area contributed by atoms with Crippen molar-refractivity contribution in [2.75, 3.05) is 25.4 Å². The highest BCUT2D eigenvalue weighted by atomic mass is 32.2. The van der Waals surface area contributed by atoms with Gasteiger partial charge in [0.05, 0.1) is 18.8 Å². The standard InChI is InChI=1S/C18H23N5O2S/c1-14-20-21-18(23(14)12-15-7-3-2-4-8-15)26-13-16(24)19-11-17(25)22-9-5-6-10-22/h2-4,7-8H,5-6,9-13H2,1H3,(H,19,24). The molecule has 26 heavy (non-hydrogen) atoms. The molecule has 0 spiro atoms. The molecule has 0 bridgehead atoms. The van der Waals surface area contributed by atoms with E-state index in [2.05, 4.69) is 15.5 Å². The molecule has 2 heterocycles. The monoisotopic (exact) mass is 373 g/mol. The van der Waals surface area contributed by atoms with E-state index in [1.165, 1.54) is 11.8 Å². The predicted molar refractivity (Wildman–Crippen MR) is 99.9 cm³/mol. The van der Waals surface area contributed by atoms with Crippen LogP contribution in [0.2, 0.25) is 0 Å². The molecule has 1 N–H and O–H groups in total. The molecule has 0 atom stereocenters. The Kier molecular flexibility index (Phi) is 6.27. The zero-order chi connectivity index (χ0) is 18.4. The lowest BCUT2D eigenvalue weighted by Crippen LogP contribution is -2.39. The minimum atomic E-state index is -0.172. The van der Waals surface area contributed by atoms with Crippen LogP contribution in [0.4, 0.5) is 0 Å². The minimum absolute atomic E-state index is 0.0102. The van der Waals surface area contributed by atoms with Crippen LogP contribution >= 0.6 is 11.8 Å². The molecule has 1 aliphatic heterocycles. The van der Waals surface area contributed by atoms with E-state index in [0.29, 0.717) is 11.7 Å². The van der Waals surface area contributed by atoms with E-state index in [0.717, 1.165) is 37.3 Å². The van der Waals surface area contributed by atoms with Crippen molar-refractivity contribution >= 4 is 23.6 Å². The number of benzene rings is 1. The van der Waals surface area contributed by atoms with Crippen LogP contribution in [0, 0.1) is 6.92 Å². The van der Waals surface area contributed by atoms with Crippen LogP contribution in [0.1, 0.15) is 24.2 Å². The van der Waals surface area contributed by atoms with Gasteiger partial charge in [0, 0.05) is 13.1 Å². The summed E-state index contributed by atoms with van der Waals surface area (Å²) in [7, 11) is 0. The molecule has 8 heteroatoms. The molecular formula is C18H23N5O2S. The maximum absolute atomic E-state index is 12.1. The molecule has 3 rings (SSSR count). The van der Waals surface area contributed by atoms with E-state index in [1.807, 2.05) is 41.8 Å². The van der Waals surface area contributed by atoms with Gasteiger partial charge in [-0.25, -0.2) is 0 Å². The molecule has 0 saturated carbocycles. The zero-order valence-electron chi connectivity index (χ0n) is 14.9. The maximum atomic E-state index is 12.1. The van der Waals surface area contributed by atoms with E-state index in [9.17, 15) is 9.59 Å². The summed E-state index contributed by atoms with van der Waals surface area (Å²) in [5.74, 6) is 0.833. The lowest BCUT2D eigenvalue weighted by Gasteiger charge is -2.15. The number of rotatable bonds is 7. The van der Waals surface area contributed by atoms with Crippen molar-refractivity contribution in [2.45, 2.75) is 31.5 Å². The third-order valence-corrected chi connectivity index (χ3v) is 5.28. The van der Waals surface area contributed by atoms with Crippen LogP contribution < -0.4 is 5.32 Å². The molecular weight excluding hydrogens is 350 g/mol. The summed E-state index contributed by atoms with van der Waals surface area (Å²) in [6.45, 7) is 4.22. The first-order valence-electron chi connectivity index (χ1n) is 8.74. The SMILES string of the molecule is Cc1nnc(SCC(=O)NCC(=O)N2CCCC2)n1Cc1ccccc1. The minimum Gasteiger partial charge on any atom is -0.346 e. The van der Waals surface area contributed by atoms with Gasteiger partial charge in [0.1, 0.15) is 5.82 Å². The molecule has 1 aromatic heterocycles. The van der Waals surface area contributed by atoms with E-state index < -0.39 is 0 Å². The summed E-state index contributed by atoms with van der Waals surface area (Å²) in [5, 5.41) is 11.7. The number of aryl methyl sites for hydroxylation is 1. The van der Waals surface area contributed by atoms with Crippen molar-refractivity contribution in [2.24, 2.45) is 0 Å². The van der Waals surface area contributed by atoms with Crippen molar-refractivity contribution in [3.63, 3.8) is 0 Å². The molecule has 0 aliphatic carbocycles. The highest BCUT2D eigenvalue weighted by Crippen LogP contribution is 2.18. The summed E-state index contributed by atoms with van der Waals surface area (Å²) in [5.41, 5.74) is 1.15. The van der Waals surface area contributed by atoms with Crippen molar-refractivity contribution in [3.8, 4) is 0 Å². The second-order valence-electron chi connectivity index (χ2n) is 6.25. The molecule has 0 radical (unpaired) electrons. The van der Waals surface area contributed by atoms with Crippen LogP contribution in [0.3, 0.4) is 0 Å². The van der Waals surface area contributed by atoms with Crippen LogP contribution in [0.15, 0.2) is 35.5 Å². The average Bonchev–Trinajstić information content (AvgIpc) is 3.30. The topological polar surface area (TPSA) is 80.1 Å². The number of nitrogens with zero attached hydrogens (tertiary/aromatic N) is 4. The van der Waals surface area contributed by atoms with Gasteiger partial charge in [0.25, 0.3) is 0 Å². The Hall–Kier alpha value is -2.35. The van der Waals surface area contributed by atoms with Crippen LogP contribution in [0.5, 0.6) is 0 Å². The van der Waals surface area contributed by atoms with Gasteiger partial charge in [-0.05, 0) is 25.3 Å². The van der Waals surface area contributed by atoms with E-state index in [-0.39, 0.29) is 24.1 Å². The van der Waals surface area contributed by atoms with Gasteiger partial charge in [-0.1, -0.05) is 42.1 Å². The second-order valence-corrected chi connectivity index (χ2v) is 7.20. The lowest BCUT2D eigenvalue weighted by atomic mass is 10.2. The Labute approximate surface area is 157 Å². The van der Waals surface area contributed by atoms with E-state index in [1.54, 1.807) is 4.90 Å². The number of hydrogen-bond acceptors (Lipinski definition) is 5. The third-order valence-electron chi connectivity index (χ3n) is 4.31. The highest BCUT2D eigenvalue weighted by Gasteiger charge is 2.18. The van der Waals surface area contributed by atoms with Crippen molar-refractivity contribution < 1.29 is 9.59 Å². The number of likely N-dealkylation sites (tertiary alicyclic amines) is 1. The predicted octanol–water partition coefficient (Wildman–Crippen LogP) is 1.47. The fraction of sp³-hybridized carbons (Fsp3) is 0.444. The smallest absolute Gasteiger partial charge is 0.241 e. The van der Waals surface area contributed by atoms with Gasteiger partial charge >= 0.3 is 0 Å². The molecule has 7 nitrogen and oxygen atoms in total. The van der Waals surface area contributed by atoms with E-state index >= 15 is 0 Å². The summed E-state index contributed by atoms with van der Waals surface area (Å²) in [4.78, 5) is 25.8. The summed E-state index contributed by atoms with van der Waals surface area (Å²) >= 11 is 1.33. The molecule has 1 fully saturated rings. The number of thioether (sulfide) groups is 1. The molecule has 1 saturated heterocycles.